The van der Waals surface area contributed by atoms with Gasteiger partial charge >= 0.3 is 0 Å². The first kappa shape index (κ1) is 7.49. The zero-order valence-corrected chi connectivity index (χ0v) is 5.81. The molecule has 3 heteroatoms. The van der Waals surface area contributed by atoms with Crippen LogP contribution in [0.4, 0.5) is 4.39 Å². The van der Waals surface area contributed by atoms with Gasteiger partial charge in [-0.3, -0.25) is 0 Å². The van der Waals surface area contributed by atoms with Crippen LogP contribution in [0.2, 0.25) is 0 Å². The number of nitrogens with two attached hydrogens (primary N) is 1. The highest BCUT2D eigenvalue weighted by molar-refractivity contribution is 5.06. The summed E-state index contributed by atoms with van der Waals surface area (Å²) in [6, 6.07) is 2.01. The molecule has 1 fully saturated rings. The Morgan fingerprint density at radius 2 is 2.00 bits per heavy atom. The Bertz CT molecular complexity index is 153. The normalized spacial score (nSPS) is 40.7. The third-order valence-corrected chi connectivity index (χ3v) is 2.03. The molecular weight excluding hydrogens is 131 g/mol. The number of nitrogens with zero attached hydrogens (tertiary/aromatic N) is 1. The summed E-state index contributed by atoms with van der Waals surface area (Å²) in [7, 11) is 0. The van der Waals surface area contributed by atoms with Gasteiger partial charge in [0.05, 0.1) is 6.07 Å². The average Bonchev–Trinajstić information content (AvgIpc) is 1.96. The van der Waals surface area contributed by atoms with Crippen molar-refractivity contribution in [3.05, 3.63) is 0 Å². The van der Waals surface area contributed by atoms with Crippen LogP contribution in [0, 0.1) is 11.3 Å². The molecule has 0 amide bonds. The van der Waals surface area contributed by atoms with Gasteiger partial charge in [-0.15, -0.1) is 0 Å². The summed E-state index contributed by atoms with van der Waals surface area (Å²) >= 11 is 0. The monoisotopic (exact) mass is 142 g/mol. The molecule has 1 aliphatic rings. The third kappa shape index (κ3) is 1.45. The molecule has 2 nitrogen and oxygen atoms in total. The molecule has 56 valence electrons. The van der Waals surface area contributed by atoms with Crippen molar-refractivity contribution < 1.29 is 4.39 Å². The summed E-state index contributed by atoms with van der Waals surface area (Å²) in [5, 5.41) is 8.54. The minimum absolute atomic E-state index is 0.448. The molecule has 10 heavy (non-hydrogen) atoms. The van der Waals surface area contributed by atoms with E-state index >= 15 is 0 Å². The van der Waals surface area contributed by atoms with Crippen LogP contribution < -0.4 is 5.73 Å². The van der Waals surface area contributed by atoms with Crippen molar-refractivity contribution in [3.63, 3.8) is 0 Å². The van der Waals surface area contributed by atoms with E-state index in [0.717, 1.165) is 0 Å². The molecule has 0 atom stereocenters. The van der Waals surface area contributed by atoms with Gasteiger partial charge in [-0.2, -0.15) is 5.26 Å². The molecule has 1 aliphatic carbocycles. The lowest BCUT2D eigenvalue weighted by Crippen LogP contribution is -2.42. The van der Waals surface area contributed by atoms with Crippen LogP contribution >= 0.6 is 0 Å². The number of hydrogen-bond acceptors (Lipinski definition) is 2. The highest BCUT2D eigenvalue weighted by Crippen LogP contribution is 2.27. The van der Waals surface area contributed by atoms with Crippen molar-refractivity contribution in [2.45, 2.75) is 37.4 Å². The minimum Gasteiger partial charge on any atom is -0.313 e. The second-order valence-corrected chi connectivity index (χ2v) is 2.94. The topological polar surface area (TPSA) is 49.8 Å². The van der Waals surface area contributed by atoms with E-state index in [2.05, 4.69) is 0 Å². The molecule has 0 bridgehead atoms. The number of hydrogen-bond donors (Lipinski definition) is 1. The van der Waals surface area contributed by atoms with Gasteiger partial charge in [-0.25, -0.2) is 4.39 Å². The minimum atomic E-state index is -0.734. The van der Waals surface area contributed by atoms with E-state index < -0.39 is 11.7 Å². The molecular formula is C7H11FN2. The summed E-state index contributed by atoms with van der Waals surface area (Å²) in [5.41, 5.74) is 4.86. The van der Waals surface area contributed by atoms with Gasteiger partial charge in [0.15, 0.2) is 0 Å². The van der Waals surface area contributed by atoms with Crippen molar-refractivity contribution in [1.82, 2.24) is 0 Å². The molecule has 0 aromatic rings. The standard InChI is InChI=1S/C7H11FN2/c8-6-1-3-7(10,5-9)4-2-6/h6H,1-4,10H2. The largest absolute Gasteiger partial charge is 0.313 e. The van der Waals surface area contributed by atoms with Crippen LogP contribution in [0.15, 0.2) is 0 Å². The first-order valence-electron chi connectivity index (χ1n) is 3.50. The Kier molecular flexibility index (Phi) is 1.91. The van der Waals surface area contributed by atoms with Crippen LogP contribution in [0.1, 0.15) is 25.7 Å². The Balaban J connectivity index is 2.48. The lowest BCUT2D eigenvalue weighted by atomic mass is 9.83. The highest BCUT2D eigenvalue weighted by Gasteiger charge is 2.31. The molecule has 0 aromatic heterocycles. The zero-order chi connectivity index (χ0) is 7.61. The molecule has 0 heterocycles. The molecule has 0 radical (unpaired) electrons. The maximum atomic E-state index is 12.5. The number of halogens is 1. The van der Waals surface area contributed by atoms with Gasteiger partial charge < -0.3 is 5.73 Å². The van der Waals surface area contributed by atoms with E-state index in [1.54, 1.807) is 0 Å². The van der Waals surface area contributed by atoms with Crippen LogP contribution in [-0.2, 0) is 0 Å². The molecule has 0 spiro atoms. The first-order chi connectivity index (χ1) is 4.66. The Morgan fingerprint density at radius 3 is 2.40 bits per heavy atom. The van der Waals surface area contributed by atoms with E-state index in [0.29, 0.717) is 25.7 Å². The lowest BCUT2D eigenvalue weighted by molar-refractivity contribution is 0.211. The second kappa shape index (κ2) is 2.55. The fourth-order valence-electron chi connectivity index (χ4n) is 1.21. The van der Waals surface area contributed by atoms with Gasteiger partial charge in [0, 0.05) is 0 Å². The maximum absolute atomic E-state index is 12.5. The molecule has 0 aromatic carbocycles. The van der Waals surface area contributed by atoms with Gasteiger partial charge in [0.1, 0.15) is 11.7 Å². The lowest BCUT2D eigenvalue weighted by Gasteiger charge is -2.27. The highest BCUT2D eigenvalue weighted by atomic mass is 19.1. The number of alkyl halides is 1. The first-order valence-corrected chi connectivity index (χ1v) is 3.50. The molecule has 1 saturated carbocycles. The van der Waals surface area contributed by atoms with E-state index in [1.807, 2.05) is 6.07 Å². The van der Waals surface area contributed by atoms with E-state index in [-0.39, 0.29) is 0 Å². The van der Waals surface area contributed by atoms with Crippen molar-refractivity contribution >= 4 is 0 Å². The van der Waals surface area contributed by atoms with Crippen LogP contribution in [0.3, 0.4) is 0 Å². The fourth-order valence-corrected chi connectivity index (χ4v) is 1.21. The number of nitriles is 1. The maximum Gasteiger partial charge on any atom is 0.104 e. The van der Waals surface area contributed by atoms with E-state index in [1.165, 1.54) is 0 Å². The smallest absolute Gasteiger partial charge is 0.104 e. The van der Waals surface area contributed by atoms with Gasteiger partial charge in [-0.1, -0.05) is 0 Å². The van der Waals surface area contributed by atoms with Crippen molar-refractivity contribution in [3.8, 4) is 6.07 Å². The SMILES string of the molecule is N#CC1(N)CCC(F)CC1. The van der Waals surface area contributed by atoms with Gasteiger partial charge in [-0.05, 0) is 25.7 Å². The van der Waals surface area contributed by atoms with Crippen LogP contribution in [-0.4, -0.2) is 11.7 Å². The third-order valence-electron chi connectivity index (χ3n) is 2.03. The van der Waals surface area contributed by atoms with Crippen molar-refractivity contribution in [2.24, 2.45) is 5.73 Å². The van der Waals surface area contributed by atoms with Gasteiger partial charge in [0.25, 0.3) is 0 Å². The predicted octanol–water partition coefficient (Wildman–Crippen LogP) is 1.12. The number of rotatable bonds is 0. The quantitative estimate of drug-likeness (QED) is 0.551. The van der Waals surface area contributed by atoms with Crippen LogP contribution in [0.25, 0.3) is 0 Å². The zero-order valence-electron chi connectivity index (χ0n) is 5.81. The van der Waals surface area contributed by atoms with Gasteiger partial charge in [0.2, 0.25) is 0 Å². The summed E-state index contributed by atoms with van der Waals surface area (Å²) < 4.78 is 12.5. The molecule has 2 N–H and O–H groups in total. The summed E-state index contributed by atoms with van der Waals surface area (Å²) in [4.78, 5) is 0. The summed E-state index contributed by atoms with van der Waals surface area (Å²) in [6.45, 7) is 0. The Morgan fingerprint density at radius 1 is 1.50 bits per heavy atom. The van der Waals surface area contributed by atoms with E-state index in [4.69, 9.17) is 11.0 Å². The molecule has 0 aliphatic heterocycles. The van der Waals surface area contributed by atoms with Crippen LogP contribution in [0.5, 0.6) is 0 Å². The molecule has 0 unspecified atom stereocenters. The summed E-state index contributed by atoms with van der Waals surface area (Å²) in [5.74, 6) is 0. The van der Waals surface area contributed by atoms with Crippen molar-refractivity contribution in [1.29, 1.82) is 5.26 Å². The Labute approximate surface area is 59.8 Å². The average molecular weight is 142 g/mol. The Hall–Kier alpha value is -0.620. The molecule has 1 rings (SSSR count). The molecule has 0 saturated heterocycles. The predicted molar refractivity (Wildman–Crippen MR) is 35.9 cm³/mol. The second-order valence-electron chi connectivity index (χ2n) is 2.94. The van der Waals surface area contributed by atoms with Crippen molar-refractivity contribution in [2.75, 3.05) is 0 Å². The fraction of sp³-hybridized carbons (Fsp3) is 0.857. The summed E-state index contributed by atoms with van der Waals surface area (Å²) in [6.07, 6.45) is 1.17. The van der Waals surface area contributed by atoms with E-state index in [9.17, 15) is 4.39 Å².